The number of nitrogens with one attached hydrogen (secondary N) is 1. The normalized spacial score (nSPS) is 19.5. The second kappa shape index (κ2) is 9.16. The molecule has 0 saturated carbocycles. The zero-order valence-electron chi connectivity index (χ0n) is 19.4. The van der Waals surface area contributed by atoms with Crippen molar-refractivity contribution in [3.05, 3.63) is 89.5 Å². The van der Waals surface area contributed by atoms with Gasteiger partial charge in [-0.25, -0.2) is 5.84 Å². The summed E-state index contributed by atoms with van der Waals surface area (Å²) in [4.78, 5) is 11.7. The van der Waals surface area contributed by atoms with Gasteiger partial charge in [0.15, 0.2) is 6.10 Å². The highest BCUT2D eigenvalue weighted by molar-refractivity contribution is 5.80. The number of benzene rings is 3. The molecule has 1 heterocycles. The van der Waals surface area contributed by atoms with E-state index < -0.39 is 11.7 Å². The smallest absolute Gasteiger partial charge is 0.274 e. The molecule has 1 unspecified atom stereocenters. The number of amides is 1. The lowest BCUT2D eigenvalue weighted by atomic mass is 9.68. The first-order valence-electron chi connectivity index (χ1n) is 11.0. The number of carbonyl (C=O) groups is 1. The SMILES string of the molecule is COc1ccc2c(c1)OC(C)(C)[C@@H](c1ccccc1)[C@@H]2c1ccc(OC(C)C(=O)NN)cc1. The monoisotopic (exact) mass is 446 g/mol. The van der Waals surface area contributed by atoms with Gasteiger partial charge in [0.2, 0.25) is 0 Å². The maximum absolute atomic E-state index is 11.7. The lowest BCUT2D eigenvalue weighted by Crippen LogP contribution is -2.43. The number of rotatable bonds is 6. The van der Waals surface area contributed by atoms with Crippen molar-refractivity contribution in [1.29, 1.82) is 0 Å². The molecule has 0 aromatic heterocycles. The minimum Gasteiger partial charge on any atom is -0.497 e. The third kappa shape index (κ3) is 4.52. The topological polar surface area (TPSA) is 82.8 Å². The van der Waals surface area contributed by atoms with E-state index in [4.69, 9.17) is 20.1 Å². The maximum atomic E-state index is 11.7. The zero-order chi connectivity index (χ0) is 23.6. The Morgan fingerprint density at radius 2 is 1.67 bits per heavy atom. The van der Waals surface area contributed by atoms with E-state index >= 15 is 0 Å². The lowest BCUT2D eigenvalue weighted by molar-refractivity contribution is -0.127. The van der Waals surface area contributed by atoms with Crippen LogP contribution in [-0.4, -0.2) is 24.7 Å². The van der Waals surface area contributed by atoms with Crippen molar-refractivity contribution in [2.75, 3.05) is 7.11 Å². The zero-order valence-corrected chi connectivity index (χ0v) is 19.4. The van der Waals surface area contributed by atoms with Gasteiger partial charge >= 0.3 is 0 Å². The van der Waals surface area contributed by atoms with Crippen molar-refractivity contribution < 1.29 is 19.0 Å². The quantitative estimate of drug-likeness (QED) is 0.330. The molecule has 0 saturated heterocycles. The fraction of sp³-hybridized carbons (Fsp3) is 0.296. The van der Waals surface area contributed by atoms with Crippen LogP contribution >= 0.6 is 0 Å². The van der Waals surface area contributed by atoms with Gasteiger partial charge in [-0.15, -0.1) is 0 Å². The summed E-state index contributed by atoms with van der Waals surface area (Å²) in [7, 11) is 1.66. The van der Waals surface area contributed by atoms with Gasteiger partial charge in [-0.2, -0.15) is 0 Å². The number of fused-ring (bicyclic) bond motifs is 1. The molecule has 3 N–H and O–H groups in total. The van der Waals surface area contributed by atoms with Gasteiger partial charge in [0.1, 0.15) is 22.8 Å². The minimum atomic E-state index is -0.687. The Bertz CT molecular complexity index is 1110. The van der Waals surface area contributed by atoms with Crippen LogP contribution in [0.5, 0.6) is 17.2 Å². The van der Waals surface area contributed by atoms with E-state index in [0.29, 0.717) is 5.75 Å². The van der Waals surface area contributed by atoms with Crippen LogP contribution in [0.15, 0.2) is 72.8 Å². The first-order chi connectivity index (χ1) is 15.8. The third-order valence-corrected chi connectivity index (χ3v) is 6.23. The third-order valence-electron chi connectivity index (χ3n) is 6.23. The molecule has 172 valence electrons. The highest BCUT2D eigenvalue weighted by atomic mass is 16.5. The number of hydrogen-bond acceptors (Lipinski definition) is 5. The van der Waals surface area contributed by atoms with Crippen molar-refractivity contribution in [3.63, 3.8) is 0 Å². The van der Waals surface area contributed by atoms with Crippen molar-refractivity contribution in [3.8, 4) is 17.2 Å². The van der Waals surface area contributed by atoms with E-state index in [1.165, 1.54) is 5.56 Å². The van der Waals surface area contributed by atoms with Crippen LogP contribution in [0.2, 0.25) is 0 Å². The first-order valence-corrected chi connectivity index (χ1v) is 11.0. The summed E-state index contributed by atoms with van der Waals surface area (Å²) >= 11 is 0. The van der Waals surface area contributed by atoms with Crippen LogP contribution in [0.4, 0.5) is 0 Å². The standard InChI is InChI=1S/C27H30N2O4/c1-17(26(30)29-28)32-20-12-10-18(11-13-20)24-22-15-14-21(31-4)16-23(22)33-27(2,3)25(24)19-8-6-5-7-9-19/h5-17,24-25H,28H2,1-4H3,(H,29,30)/t17?,24-,25+/m1/s1. The lowest BCUT2D eigenvalue weighted by Gasteiger charge is -2.45. The molecule has 6 nitrogen and oxygen atoms in total. The summed E-state index contributed by atoms with van der Waals surface area (Å²) in [6.45, 7) is 5.92. The summed E-state index contributed by atoms with van der Waals surface area (Å²) in [5.74, 6) is 7.15. The van der Waals surface area contributed by atoms with Gasteiger partial charge < -0.3 is 14.2 Å². The van der Waals surface area contributed by atoms with Gasteiger partial charge in [-0.1, -0.05) is 48.5 Å². The predicted molar refractivity (Wildman–Crippen MR) is 128 cm³/mol. The van der Waals surface area contributed by atoms with E-state index in [2.05, 4.69) is 61.7 Å². The number of nitrogens with two attached hydrogens (primary N) is 1. The minimum absolute atomic E-state index is 0.0517. The number of methoxy groups -OCH3 is 1. The van der Waals surface area contributed by atoms with Crippen LogP contribution in [0.3, 0.4) is 0 Å². The molecule has 3 aromatic rings. The number of hydrogen-bond donors (Lipinski definition) is 2. The Morgan fingerprint density at radius 3 is 2.30 bits per heavy atom. The molecule has 0 radical (unpaired) electrons. The molecular weight excluding hydrogens is 416 g/mol. The second-order valence-electron chi connectivity index (χ2n) is 8.81. The van der Waals surface area contributed by atoms with Crippen molar-refractivity contribution >= 4 is 5.91 Å². The Balaban J connectivity index is 1.78. The molecule has 3 atom stereocenters. The maximum Gasteiger partial charge on any atom is 0.274 e. The number of carbonyl (C=O) groups excluding carboxylic acids is 1. The summed E-state index contributed by atoms with van der Waals surface area (Å²) in [5, 5.41) is 0. The molecule has 0 fully saturated rings. The van der Waals surface area contributed by atoms with E-state index in [1.54, 1.807) is 14.0 Å². The molecule has 1 aliphatic heterocycles. The molecule has 0 spiro atoms. The Morgan fingerprint density at radius 1 is 1.00 bits per heavy atom. The molecule has 4 rings (SSSR count). The Labute approximate surface area is 194 Å². The predicted octanol–water partition coefficient (Wildman–Crippen LogP) is 4.54. The molecule has 3 aromatic carbocycles. The summed E-state index contributed by atoms with van der Waals surface area (Å²) in [6, 6.07) is 24.4. The van der Waals surface area contributed by atoms with Crippen molar-refractivity contribution in [2.24, 2.45) is 5.84 Å². The van der Waals surface area contributed by atoms with Crippen LogP contribution < -0.4 is 25.5 Å². The van der Waals surface area contributed by atoms with Gasteiger partial charge in [0.05, 0.1) is 7.11 Å². The molecule has 1 aliphatic rings. The van der Waals surface area contributed by atoms with E-state index in [1.807, 2.05) is 30.3 Å². The second-order valence-corrected chi connectivity index (χ2v) is 8.81. The summed E-state index contributed by atoms with van der Waals surface area (Å²) in [5.41, 5.74) is 5.10. The van der Waals surface area contributed by atoms with Gasteiger partial charge in [0, 0.05) is 23.5 Å². The molecular formula is C27H30N2O4. The van der Waals surface area contributed by atoms with Crippen molar-refractivity contribution in [1.82, 2.24) is 5.43 Å². The van der Waals surface area contributed by atoms with Crippen LogP contribution in [0, 0.1) is 0 Å². The van der Waals surface area contributed by atoms with E-state index in [-0.39, 0.29) is 17.7 Å². The summed E-state index contributed by atoms with van der Waals surface area (Å²) in [6.07, 6.45) is -0.687. The number of hydrazine groups is 1. The van der Waals surface area contributed by atoms with Crippen LogP contribution in [0.25, 0.3) is 0 Å². The average Bonchev–Trinajstić information content (AvgIpc) is 2.82. The molecule has 1 amide bonds. The van der Waals surface area contributed by atoms with Crippen LogP contribution in [0.1, 0.15) is 49.3 Å². The fourth-order valence-corrected chi connectivity index (χ4v) is 4.67. The highest BCUT2D eigenvalue weighted by Gasteiger charge is 2.45. The first kappa shape index (κ1) is 22.7. The largest absolute Gasteiger partial charge is 0.497 e. The van der Waals surface area contributed by atoms with E-state index in [0.717, 1.165) is 22.6 Å². The molecule has 6 heteroatoms. The number of ether oxygens (including phenoxy) is 3. The molecule has 33 heavy (non-hydrogen) atoms. The van der Waals surface area contributed by atoms with E-state index in [9.17, 15) is 4.79 Å². The molecule has 0 aliphatic carbocycles. The fourth-order valence-electron chi connectivity index (χ4n) is 4.67. The van der Waals surface area contributed by atoms with Crippen molar-refractivity contribution in [2.45, 2.75) is 44.3 Å². The van der Waals surface area contributed by atoms with Gasteiger partial charge in [-0.3, -0.25) is 10.2 Å². The Hall–Kier alpha value is -3.51. The highest BCUT2D eigenvalue weighted by Crippen LogP contribution is 2.53. The molecule has 0 bridgehead atoms. The average molecular weight is 447 g/mol. The Kier molecular flexibility index (Phi) is 6.29. The van der Waals surface area contributed by atoms with Gasteiger partial charge in [-0.05, 0) is 50.1 Å². The van der Waals surface area contributed by atoms with Gasteiger partial charge in [0.25, 0.3) is 5.91 Å². The van der Waals surface area contributed by atoms with Crippen LogP contribution in [-0.2, 0) is 4.79 Å². The summed E-state index contributed by atoms with van der Waals surface area (Å²) < 4.78 is 17.7.